The molecule has 0 fully saturated rings. The van der Waals surface area contributed by atoms with Gasteiger partial charge < -0.3 is 0 Å². The van der Waals surface area contributed by atoms with E-state index in [1.54, 1.807) is 5.56 Å². The zero-order chi connectivity index (χ0) is 11.8. The molecule has 1 heteroatoms. The van der Waals surface area contributed by atoms with Crippen LogP contribution in [0.15, 0.2) is 30.3 Å². The van der Waals surface area contributed by atoms with Crippen LogP contribution in [-0.2, 0) is 24.6 Å². The summed E-state index contributed by atoms with van der Waals surface area (Å²) in [5, 5.41) is 0. The Kier molecular flexibility index (Phi) is 3.53. The second-order valence-electron chi connectivity index (χ2n) is 5.49. The molecule has 1 unspecified atom stereocenters. The number of hydrogen-bond donors (Lipinski definition) is 0. The fraction of sp³-hybridized carbons (Fsp3) is 0.467. The van der Waals surface area contributed by atoms with Crippen molar-refractivity contribution in [1.29, 1.82) is 0 Å². The molecule has 0 spiro atoms. The average Bonchev–Trinajstić information content (AvgIpc) is 2.58. The molecule has 0 saturated carbocycles. The molecule has 0 radical (unpaired) electrons. The van der Waals surface area contributed by atoms with Crippen molar-refractivity contribution in [1.82, 2.24) is 0 Å². The fourth-order valence-corrected chi connectivity index (χ4v) is 10.0. The predicted molar refractivity (Wildman–Crippen MR) is 68.3 cm³/mol. The van der Waals surface area contributed by atoms with Gasteiger partial charge in [0.25, 0.3) is 0 Å². The molecule has 1 atom stereocenters. The van der Waals surface area contributed by atoms with Crippen LogP contribution in [0.1, 0.15) is 31.4 Å². The molecule has 16 heavy (non-hydrogen) atoms. The fourth-order valence-electron chi connectivity index (χ4n) is 2.83. The van der Waals surface area contributed by atoms with E-state index in [0.29, 0.717) is 3.17 Å². The maximum atomic E-state index is 2.56. The Morgan fingerprint density at radius 3 is 2.50 bits per heavy atom. The van der Waals surface area contributed by atoms with Gasteiger partial charge in [-0.25, -0.2) is 0 Å². The van der Waals surface area contributed by atoms with E-state index >= 15 is 0 Å². The van der Waals surface area contributed by atoms with Crippen LogP contribution in [0.25, 0.3) is 6.08 Å². The molecule has 1 aliphatic rings. The normalized spacial score (nSPS) is 22.6. The van der Waals surface area contributed by atoms with Crippen LogP contribution in [0.2, 0.25) is 9.36 Å². The summed E-state index contributed by atoms with van der Waals surface area (Å²) in [6.45, 7) is 4.70. The van der Waals surface area contributed by atoms with E-state index < -0.39 is 21.4 Å². The molecule has 1 aromatic carbocycles. The van der Waals surface area contributed by atoms with Crippen molar-refractivity contribution >= 4 is 6.08 Å². The van der Waals surface area contributed by atoms with Gasteiger partial charge in [-0.1, -0.05) is 0 Å². The summed E-state index contributed by atoms with van der Waals surface area (Å²) in [5.74, 6) is 0.788. The van der Waals surface area contributed by atoms with Gasteiger partial charge >= 0.3 is 108 Å². The van der Waals surface area contributed by atoms with Crippen molar-refractivity contribution in [3.05, 3.63) is 41.5 Å². The molecule has 0 amide bonds. The van der Waals surface area contributed by atoms with Crippen LogP contribution >= 0.6 is 0 Å². The summed E-state index contributed by atoms with van der Waals surface area (Å²) >= 11 is -1.49. The van der Waals surface area contributed by atoms with E-state index in [9.17, 15) is 0 Å². The van der Waals surface area contributed by atoms with Crippen LogP contribution < -0.4 is 0 Å². The molecule has 2 rings (SSSR count). The van der Waals surface area contributed by atoms with Gasteiger partial charge in [-0.2, -0.15) is 0 Å². The molecule has 0 N–H and O–H groups in total. The molecule has 85 valence electrons. The van der Waals surface area contributed by atoms with Gasteiger partial charge in [-0.15, -0.1) is 0 Å². The maximum absolute atomic E-state index is 2.56. The minimum atomic E-state index is -1.49. The average molecular weight is 380 g/mol. The first kappa shape index (κ1) is 12.3. The summed E-state index contributed by atoms with van der Waals surface area (Å²) in [5.41, 5.74) is 3.09. The number of fused-ring (bicyclic) bond motifs is 1. The van der Waals surface area contributed by atoms with Gasteiger partial charge in [0.05, 0.1) is 0 Å². The van der Waals surface area contributed by atoms with Crippen molar-refractivity contribution < 1.29 is 21.4 Å². The third-order valence-electron chi connectivity index (χ3n) is 3.61. The van der Waals surface area contributed by atoms with Crippen LogP contribution in [-0.4, -0.2) is 0 Å². The Morgan fingerprint density at radius 1 is 1.19 bits per heavy atom. The van der Waals surface area contributed by atoms with Crippen LogP contribution in [0.5, 0.6) is 0 Å². The molecular weight excluding hydrogens is 359 g/mol. The monoisotopic (exact) mass is 381 g/mol. The van der Waals surface area contributed by atoms with Gasteiger partial charge in [0.1, 0.15) is 0 Å². The predicted octanol–water partition coefficient (Wildman–Crippen LogP) is 4.67. The molecule has 1 aromatic rings. The van der Waals surface area contributed by atoms with Crippen LogP contribution in [0, 0.1) is 5.92 Å². The van der Waals surface area contributed by atoms with E-state index in [4.69, 9.17) is 0 Å². The summed E-state index contributed by atoms with van der Waals surface area (Å²) in [6, 6.07) is 8.98. The number of benzene rings is 1. The van der Waals surface area contributed by atoms with E-state index in [1.807, 2.05) is 0 Å². The molecule has 0 bridgehead atoms. The zero-order valence-corrected chi connectivity index (χ0v) is 14.3. The van der Waals surface area contributed by atoms with Gasteiger partial charge in [0.15, 0.2) is 0 Å². The first-order valence-electron chi connectivity index (χ1n) is 6.15. The zero-order valence-electron chi connectivity index (χ0n) is 10.7. The Hall–Kier alpha value is -0.170. The standard InChI is InChI=1S/C13H15.2CH3.Hf/c1-10(2)9-12-8-7-11-5-3-4-6-13(11)12;;;/h3-8,10H,9H2,1-2H3;2*1H3;. The van der Waals surface area contributed by atoms with Crippen LogP contribution in [0.3, 0.4) is 0 Å². The quantitative estimate of drug-likeness (QED) is 0.669. The summed E-state index contributed by atoms with van der Waals surface area (Å²) < 4.78 is 5.59. The first-order valence-corrected chi connectivity index (χ1v) is 15.1. The van der Waals surface area contributed by atoms with Gasteiger partial charge in [0.2, 0.25) is 0 Å². The van der Waals surface area contributed by atoms with Crippen molar-refractivity contribution in [2.24, 2.45) is 5.92 Å². The molecule has 1 aliphatic carbocycles. The SMILES string of the molecule is CC(C)C[C]1([Hf]([CH3])[CH3])C=Cc2ccccc21. The Balaban J connectivity index is 2.47. The molecule has 0 aromatic heterocycles. The summed E-state index contributed by atoms with van der Waals surface area (Å²) in [6.07, 6.45) is 6.23. The number of allylic oxidation sites excluding steroid dienone is 1. The van der Waals surface area contributed by atoms with E-state index in [-0.39, 0.29) is 0 Å². The number of rotatable bonds is 3. The third-order valence-corrected chi connectivity index (χ3v) is 12.3. The summed E-state index contributed by atoms with van der Waals surface area (Å²) in [4.78, 5) is 0. The molecule has 0 nitrogen and oxygen atoms in total. The Morgan fingerprint density at radius 2 is 1.88 bits per heavy atom. The van der Waals surface area contributed by atoms with E-state index in [1.165, 1.54) is 12.0 Å². The van der Waals surface area contributed by atoms with E-state index in [2.05, 4.69) is 59.6 Å². The van der Waals surface area contributed by atoms with Crippen molar-refractivity contribution in [2.75, 3.05) is 0 Å². The number of hydrogen-bond acceptors (Lipinski definition) is 0. The van der Waals surface area contributed by atoms with Gasteiger partial charge in [0, 0.05) is 0 Å². The topological polar surface area (TPSA) is 0 Å². The molecule has 0 aliphatic heterocycles. The minimum absolute atomic E-state index is 0.482. The second-order valence-corrected chi connectivity index (χ2v) is 15.9. The van der Waals surface area contributed by atoms with Crippen LogP contribution in [0.4, 0.5) is 0 Å². The second kappa shape index (κ2) is 4.60. The van der Waals surface area contributed by atoms with Crippen molar-refractivity contribution in [2.45, 2.75) is 32.8 Å². The Labute approximate surface area is 107 Å². The van der Waals surface area contributed by atoms with Crippen molar-refractivity contribution in [3.63, 3.8) is 0 Å². The molecular formula is C15H21Hf. The first-order chi connectivity index (χ1) is 7.56. The Bertz CT molecular complexity index is 404. The summed E-state index contributed by atoms with van der Waals surface area (Å²) in [7, 11) is 0. The molecule has 0 saturated heterocycles. The van der Waals surface area contributed by atoms with Crippen molar-refractivity contribution in [3.8, 4) is 0 Å². The molecule has 0 heterocycles. The van der Waals surface area contributed by atoms with Gasteiger partial charge in [-0.05, 0) is 0 Å². The van der Waals surface area contributed by atoms with Gasteiger partial charge in [-0.3, -0.25) is 0 Å². The van der Waals surface area contributed by atoms with E-state index in [0.717, 1.165) is 5.92 Å². The third kappa shape index (κ3) is 1.99.